The molecule has 3 nitrogen and oxygen atoms in total. The molecule has 19 heavy (non-hydrogen) atoms. The van der Waals surface area contributed by atoms with Crippen LogP contribution in [-0.2, 0) is 6.42 Å². The van der Waals surface area contributed by atoms with Crippen molar-refractivity contribution < 1.29 is 10.2 Å². The Morgan fingerprint density at radius 2 is 2.26 bits per heavy atom. The minimum absolute atomic E-state index is 0.290. The summed E-state index contributed by atoms with van der Waals surface area (Å²) in [5.41, 5.74) is 1.82. The number of phenolic OH excluding ortho intramolecular Hbond substituents is 1. The van der Waals surface area contributed by atoms with Crippen molar-refractivity contribution in [3.63, 3.8) is 0 Å². The van der Waals surface area contributed by atoms with E-state index < -0.39 is 5.60 Å². The topological polar surface area (TPSA) is 52.5 Å². The molecule has 0 aliphatic heterocycles. The van der Waals surface area contributed by atoms with Crippen LogP contribution in [0.15, 0.2) is 18.2 Å². The first-order valence-corrected chi connectivity index (χ1v) is 8.18. The van der Waals surface area contributed by atoms with Crippen LogP contribution in [-0.4, -0.2) is 34.4 Å². The van der Waals surface area contributed by atoms with E-state index in [0.29, 0.717) is 12.3 Å². The molecule has 0 radical (unpaired) electrons. The van der Waals surface area contributed by atoms with Gasteiger partial charge in [0.15, 0.2) is 0 Å². The van der Waals surface area contributed by atoms with Crippen LogP contribution in [0.1, 0.15) is 36.9 Å². The number of phenols is 1. The zero-order valence-electron chi connectivity index (χ0n) is 11.6. The molecule has 0 saturated carbocycles. The highest BCUT2D eigenvalue weighted by Crippen LogP contribution is 2.32. The van der Waals surface area contributed by atoms with Crippen LogP contribution in [0.25, 0.3) is 0 Å². The summed E-state index contributed by atoms with van der Waals surface area (Å²) in [4.78, 5) is 0. The molecule has 0 bridgehead atoms. The number of rotatable bonds is 5. The van der Waals surface area contributed by atoms with Gasteiger partial charge in [-0.1, -0.05) is 6.07 Å². The molecular formula is C15H23NO2S. The lowest BCUT2D eigenvalue weighted by Gasteiger charge is -2.30. The van der Waals surface area contributed by atoms with E-state index in [1.807, 2.05) is 25.3 Å². The summed E-state index contributed by atoms with van der Waals surface area (Å²) in [6.45, 7) is 2.47. The van der Waals surface area contributed by atoms with Crippen molar-refractivity contribution in [3.8, 4) is 5.75 Å². The third-order valence-corrected chi connectivity index (χ3v) is 4.54. The first-order valence-electron chi connectivity index (χ1n) is 6.78. The van der Waals surface area contributed by atoms with E-state index >= 15 is 0 Å². The maximum Gasteiger partial charge on any atom is 0.115 e. The zero-order chi connectivity index (χ0) is 13.9. The Morgan fingerprint density at radius 3 is 3.00 bits per heavy atom. The summed E-state index contributed by atoms with van der Waals surface area (Å²) >= 11 is 1.66. The molecule has 2 unspecified atom stereocenters. The fourth-order valence-electron chi connectivity index (χ4n) is 2.72. The summed E-state index contributed by atoms with van der Waals surface area (Å²) in [5, 5.41) is 23.2. The summed E-state index contributed by atoms with van der Waals surface area (Å²) in [5.74, 6) is 1.07. The third kappa shape index (κ3) is 3.88. The minimum Gasteiger partial charge on any atom is -0.508 e. The lowest BCUT2D eigenvalue weighted by Crippen LogP contribution is -2.42. The van der Waals surface area contributed by atoms with Gasteiger partial charge in [0.1, 0.15) is 5.75 Å². The molecule has 0 fully saturated rings. The number of aromatic hydroxyl groups is 1. The van der Waals surface area contributed by atoms with Gasteiger partial charge >= 0.3 is 0 Å². The van der Waals surface area contributed by atoms with Crippen LogP contribution in [0.5, 0.6) is 5.75 Å². The molecule has 0 saturated heterocycles. The van der Waals surface area contributed by atoms with Crippen molar-refractivity contribution in [1.29, 1.82) is 0 Å². The maximum absolute atomic E-state index is 10.2. The first kappa shape index (κ1) is 14.7. The molecule has 106 valence electrons. The predicted octanol–water partition coefficient (Wildman–Crippen LogP) is 2.47. The van der Waals surface area contributed by atoms with Gasteiger partial charge in [0.25, 0.3) is 0 Å². The number of hydrogen-bond acceptors (Lipinski definition) is 4. The van der Waals surface area contributed by atoms with Gasteiger partial charge in [0, 0.05) is 18.3 Å². The van der Waals surface area contributed by atoms with Crippen LogP contribution < -0.4 is 5.32 Å². The molecule has 0 spiro atoms. The quantitative estimate of drug-likeness (QED) is 0.776. The number of aliphatic hydroxyl groups is 1. The molecule has 1 aliphatic carbocycles. The molecule has 2 atom stereocenters. The Kier molecular flexibility index (Phi) is 4.76. The Bertz CT molecular complexity index is 434. The van der Waals surface area contributed by atoms with Crippen molar-refractivity contribution in [2.24, 2.45) is 0 Å². The largest absolute Gasteiger partial charge is 0.508 e. The Hall–Kier alpha value is -0.710. The fraction of sp³-hybridized carbons (Fsp3) is 0.600. The molecule has 0 aromatic heterocycles. The second-order valence-corrected chi connectivity index (χ2v) is 6.50. The first-order chi connectivity index (χ1) is 9.02. The molecule has 4 heteroatoms. The van der Waals surface area contributed by atoms with Gasteiger partial charge in [0.2, 0.25) is 0 Å². The number of thioether (sulfide) groups is 1. The van der Waals surface area contributed by atoms with Gasteiger partial charge in [0.05, 0.1) is 5.60 Å². The predicted molar refractivity (Wildman–Crippen MR) is 80.8 cm³/mol. The zero-order valence-corrected chi connectivity index (χ0v) is 12.5. The van der Waals surface area contributed by atoms with E-state index in [1.165, 1.54) is 11.1 Å². The highest BCUT2D eigenvalue weighted by Gasteiger charge is 2.24. The number of benzene rings is 1. The number of aryl methyl sites for hydroxylation is 1. The summed E-state index contributed by atoms with van der Waals surface area (Å²) < 4.78 is 0. The Labute approximate surface area is 119 Å². The molecule has 1 aromatic rings. The van der Waals surface area contributed by atoms with Crippen molar-refractivity contribution >= 4 is 11.8 Å². The Balaban J connectivity index is 2.04. The summed E-state index contributed by atoms with van der Waals surface area (Å²) in [7, 11) is 0. The van der Waals surface area contributed by atoms with Crippen LogP contribution in [0.3, 0.4) is 0 Å². The van der Waals surface area contributed by atoms with Crippen LogP contribution in [0, 0.1) is 0 Å². The smallest absolute Gasteiger partial charge is 0.115 e. The molecular weight excluding hydrogens is 258 g/mol. The SMILES string of the molecule is CSCC(C)(O)CNC1CCCc2cc(O)ccc21. The average Bonchev–Trinajstić information content (AvgIpc) is 2.36. The van der Waals surface area contributed by atoms with Gasteiger partial charge < -0.3 is 15.5 Å². The monoisotopic (exact) mass is 281 g/mol. The molecule has 3 N–H and O–H groups in total. The normalized spacial score (nSPS) is 21.7. The Morgan fingerprint density at radius 1 is 1.47 bits per heavy atom. The van der Waals surface area contributed by atoms with E-state index in [0.717, 1.165) is 25.0 Å². The number of nitrogens with one attached hydrogen (secondary N) is 1. The highest BCUT2D eigenvalue weighted by atomic mass is 32.2. The summed E-state index contributed by atoms with van der Waals surface area (Å²) in [6, 6.07) is 5.91. The second-order valence-electron chi connectivity index (χ2n) is 5.64. The standard InChI is InChI=1S/C15H23NO2S/c1-15(18,10-19-2)9-16-14-5-3-4-11-8-12(17)6-7-13(11)14/h6-8,14,16-18H,3-5,9-10H2,1-2H3. The van der Waals surface area contributed by atoms with Crippen LogP contribution >= 0.6 is 11.8 Å². The molecule has 2 rings (SSSR count). The number of hydrogen-bond donors (Lipinski definition) is 3. The molecule has 1 aliphatic rings. The lowest BCUT2D eigenvalue weighted by atomic mass is 9.87. The van der Waals surface area contributed by atoms with E-state index in [1.54, 1.807) is 17.8 Å². The van der Waals surface area contributed by atoms with Crippen LogP contribution in [0.4, 0.5) is 0 Å². The van der Waals surface area contributed by atoms with Crippen molar-refractivity contribution in [1.82, 2.24) is 5.32 Å². The molecule has 1 aromatic carbocycles. The van der Waals surface area contributed by atoms with Gasteiger partial charge in [-0.05, 0) is 55.7 Å². The van der Waals surface area contributed by atoms with E-state index in [2.05, 4.69) is 5.32 Å². The highest BCUT2D eigenvalue weighted by molar-refractivity contribution is 7.98. The van der Waals surface area contributed by atoms with Crippen molar-refractivity contribution in [2.45, 2.75) is 37.8 Å². The third-order valence-electron chi connectivity index (χ3n) is 3.63. The molecule has 0 heterocycles. The number of fused-ring (bicyclic) bond motifs is 1. The van der Waals surface area contributed by atoms with Gasteiger partial charge in [-0.2, -0.15) is 11.8 Å². The average molecular weight is 281 g/mol. The van der Waals surface area contributed by atoms with Gasteiger partial charge in [-0.3, -0.25) is 0 Å². The fourth-order valence-corrected chi connectivity index (χ4v) is 3.44. The van der Waals surface area contributed by atoms with E-state index in [-0.39, 0.29) is 6.04 Å². The summed E-state index contributed by atoms with van der Waals surface area (Å²) in [6.07, 6.45) is 5.25. The minimum atomic E-state index is -0.673. The molecule has 0 amide bonds. The van der Waals surface area contributed by atoms with Crippen molar-refractivity contribution in [3.05, 3.63) is 29.3 Å². The lowest BCUT2D eigenvalue weighted by molar-refractivity contribution is 0.0806. The van der Waals surface area contributed by atoms with E-state index in [9.17, 15) is 10.2 Å². The van der Waals surface area contributed by atoms with Crippen molar-refractivity contribution in [2.75, 3.05) is 18.6 Å². The van der Waals surface area contributed by atoms with E-state index in [4.69, 9.17) is 0 Å². The van der Waals surface area contributed by atoms with Crippen LogP contribution in [0.2, 0.25) is 0 Å². The second kappa shape index (κ2) is 6.16. The van der Waals surface area contributed by atoms with Gasteiger partial charge in [-0.25, -0.2) is 0 Å². The maximum atomic E-state index is 10.2. The van der Waals surface area contributed by atoms with Gasteiger partial charge in [-0.15, -0.1) is 0 Å².